The summed E-state index contributed by atoms with van der Waals surface area (Å²) in [6, 6.07) is 6.40. The zero-order chi connectivity index (χ0) is 12.3. The minimum Gasteiger partial charge on any atom is -0.492 e. The summed E-state index contributed by atoms with van der Waals surface area (Å²) in [5.41, 5.74) is 5.65. The number of nitrogens with zero attached hydrogens (tertiary/aromatic N) is 2. The maximum atomic E-state index is 10.8. The first kappa shape index (κ1) is 11.3. The first-order valence-electron chi connectivity index (χ1n) is 5.09. The molecule has 1 heterocycles. The molecule has 0 aliphatic heterocycles. The van der Waals surface area contributed by atoms with Crippen molar-refractivity contribution in [3.8, 4) is 5.75 Å². The van der Waals surface area contributed by atoms with Crippen molar-refractivity contribution in [1.82, 2.24) is 4.98 Å². The number of aromatic nitrogens is 1. The summed E-state index contributed by atoms with van der Waals surface area (Å²) in [5.74, 6) is 0.559. The van der Waals surface area contributed by atoms with Gasteiger partial charge in [0, 0.05) is 24.2 Å². The van der Waals surface area contributed by atoms with Crippen LogP contribution in [0.25, 0.3) is 10.9 Å². The van der Waals surface area contributed by atoms with Crippen LogP contribution in [-0.4, -0.2) is 23.1 Å². The number of nitro groups is 1. The lowest BCUT2D eigenvalue weighted by molar-refractivity contribution is -0.383. The first-order valence-corrected chi connectivity index (χ1v) is 5.09. The van der Waals surface area contributed by atoms with Crippen molar-refractivity contribution >= 4 is 16.6 Å². The van der Waals surface area contributed by atoms with Gasteiger partial charge in [0.05, 0.1) is 4.92 Å². The lowest BCUT2D eigenvalue weighted by Crippen LogP contribution is -2.10. The van der Waals surface area contributed by atoms with Crippen molar-refractivity contribution in [1.29, 1.82) is 0 Å². The van der Waals surface area contributed by atoms with Crippen LogP contribution in [0, 0.1) is 10.1 Å². The lowest BCUT2D eigenvalue weighted by Gasteiger charge is -2.07. The molecule has 2 aromatic rings. The van der Waals surface area contributed by atoms with Crippen LogP contribution in [0.1, 0.15) is 0 Å². The summed E-state index contributed by atoms with van der Waals surface area (Å²) in [7, 11) is 0. The number of rotatable bonds is 4. The van der Waals surface area contributed by atoms with Crippen LogP contribution in [0.3, 0.4) is 0 Å². The molecule has 1 aromatic heterocycles. The summed E-state index contributed by atoms with van der Waals surface area (Å²) >= 11 is 0. The fourth-order valence-electron chi connectivity index (χ4n) is 1.57. The average Bonchev–Trinajstić information content (AvgIpc) is 2.35. The fraction of sp³-hybridized carbons (Fsp3) is 0.182. The molecule has 0 radical (unpaired) electrons. The van der Waals surface area contributed by atoms with E-state index in [9.17, 15) is 10.1 Å². The molecular weight excluding hydrogens is 222 g/mol. The minimum atomic E-state index is -0.456. The Hall–Kier alpha value is -2.21. The Morgan fingerprint density at radius 3 is 2.94 bits per heavy atom. The molecular formula is C11H11N3O3. The van der Waals surface area contributed by atoms with Crippen molar-refractivity contribution in [2.45, 2.75) is 0 Å². The van der Waals surface area contributed by atoms with Crippen molar-refractivity contribution in [3.63, 3.8) is 0 Å². The predicted molar refractivity (Wildman–Crippen MR) is 62.9 cm³/mol. The SMILES string of the molecule is NCCOc1ccc([N+](=O)[O-])c2ncccc12. The van der Waals surface area contributed by atoms with Crippen molar-refractivity contribution < 1.29 is 9.66 Å². The van der Waals surface area contributed by atoms with E-state index in [1.165, 1.54) is 12.3 Å². The van der Waals surface area contributed by atoms with Crippen molar-refractivity contribution in [3.05, 3.63) is 40.6 Å². The quantitative estimate of drug-likeness (QED) is 0.637. The molecule has 0 atom stereocenters. The number of nitrogens with two attached hydrogens (primary N) is 1. The summed E-state index contributed by atoms with van der Waals surface area (Å²) < 4.78 is 5.42. The van der Waals surface area contributed by atoms with Gasteiger partial charge >= 0.3 is 0 Å². The van der Waals surface area contributed by atoms with E-state index in [-0.39, 0.29) is 5.69 Å². The van der Waals surface area contributed by atoms with E-state index in [0.29, 0.717) is 29.8 Å². The highest BCUT2D eigenvalue weighted by Gasteiger charge is 2.15. The van der Waals surface area contributed by atoms with Crippen molar-refractivity contribution in [2.75, 3.05) is 13.2 Å². The van der Waals surface area contributed by atoms with E-state index in [1.54, 1.807) is 18.2 Å². The number of hydrogen-bond acceptors (Lipinski definition) is 5. The monoisotopic (exact) mass is 233 g/mol. The number of fused-ring (bicyclic) bond motifs is 1. The third kappa shape index (κ3) is 2.16. The minimum absolute atomic E-state index is 0.0271. The molecule has 0 saturated heterocycles. The highest BCUT2D eigenvalue weighted by molar-refractivity contribution is 5.91. The Kier molecular flexibility index (Phi) is 3.15. The number of benzene rings is 1. The standard InChI is InChI=1S/C11H11N3O3/c12-5-7-17-10-4-3-9(14(15)16)11-8(10)2-1-6-13-11/h1-4,6H,5,7,12H2. The van der Waals surface area contributed by atoms with Gasteiger partial charge in [0.1, 0.15) is 12.4 Å². The molecule has 6 heteroatoms. The molecule has 2 rings (SSSR count). The smallest absolute Gasteiger partial charge is 0.295 e. The lowest BCUT2D eigenvalue weighted by atomic mass is 10.2. The first-order chi connectivity index (χ1) is 8.24. The maximum absolute atomic E-state index is 10.8. The summed E-state index contributed by atoms with van der Waals surface area (Å²) in [6.45, 7) is 0.751. The van der Waals surface area contributed by atoms with Gasteiger partial charge in [-0.2, -0.15) is 0 Å². The van der Waals surface area contributed by atoms with E-state index >= 15 is 0 Å². The molecule has 88 valence electrons. The Bertz CT molecular complexity index is 557. The molecule has 0 bridgehead atoms. The number of pyridine rings is 1. The molecule has 2 N–H and O–H groups in total. The van der Waals surface area contributed by atoms with Gasteiger partial charge in [0.25, 0.3) is 5.69 Å². The van der Waals surface area contributed by atoms with Gasteiger partial charge in [0.15, 0.2) is 5.52 Å². The van der Waals surface area contributed by atoms with E-state index in [2.05, 4.69) is 4.98 Å². The van der Waals surface area contributed by atoms with Crippen LogP contribution < -0.4 is 10.5 Å². The maximum Gasteiger partial charge on any atom is 0.295 e. The largest absolute Gasteiger partial charge is 0.492 e. The Labute approximate surface area is 97.2 Å². The van der Waals surface area contributed by atoms with Gasteiger partial charge < -0.3 is 10.5 Å². The molecule has 0 aliphatic carbocycles. The molecule has 17 heavy (non-hydrogen) atoms. The Morgan fingerprint density at radius 2 is 2.24 bits per heavy atom. The third-order valence-electron chi connectivity index (χ3n) is 2.28. The second-order valence-electron chi connectivity index (χ2n) is 3.38. The zero-order valence-electron chi connectivity index (χ0n) is 9.00. The second-order valence-corrected chi connectivity index (χ2v) is 3.38. The van der Waals surface area contributed by atoms with E-state index in [1.807, 2.05) is 0 Å². The summed E-state index contributed by atoms with van der Waals surface area (Å²) in [4.78, 5) is 14.4. The normalized spacial score (nSPS) is 10.4. The van der Waals surface area contributed by atoms with Crippen LogP contribution in [0.4, 0.5) is 5.69 Å². The second kappa shape index (κ2) is 4.75. The van der Waals surface area contributed by atoms with Gasteiger partial charge in [-0.25, -0.2) is 4.98 Å². The highest BCUT2D eigenvalue weighted by atomic mass is 16.6. The third-order valence-corrected chi connectivity index (χ3v) is 2.28. The summed E-state index contributed by atoms with van der Waals surface area (Å²) in [6.07, 6.45) is 1.52. The molecule has 0 fully saturated rings. The van der Waals surface area contributed by atoms with Gasteiger partial charge in [-0.3, -0.25) is 10.1 Å². The van der Waals surface area contributed by atoms with Gasteiger partial charge in [-0.1, -0.05) is 0 Å². The number of nitro benzene ring substituents is 1. The van der Waals surface area contributed by atoms with Crippen LogP contribution >= 0.6 is 0 Å². The van der Waals surface area contributed by atoms with Crippen LogP contribution in [0.2, 0.25) is 0 Å². The molecule has 0 aliphatic rings. The topological polar surface area (TPSA) is 91.3 Å². The van der Waals surface area contributed by atoms with E-state index < -0.39 is 4.92 Å². The fourth-order valence-corrected chi connectivity index (χ4v) is 1.57. The molecule has 1 aromatic carbocycles. The molecule has 0 unspecified atom stereocenters. The molecule has 0 saturated carbocycles. The molecule has 6 nitrogen and oxygen atoms in total. The van der Waals surface area contributed by atoms with Crippen molar-refractivity contribution in [2.24, 2.45) is 5.73 Å². The number of non-ortho nitro benzene ring substituents is 1. The van der Waals surface area contributed by atoms with Crippen LogP contribution in [0.15, 0.2) is 30.5 Å². The summed E-state index contributed by atoms with van der Waals surface area (Å²) in [5, 5.41) is 11.5. The van der Waals surface area contributed by atoms with Crippen LogP contribution in [0.5, 0.6) is 5.75 Å². The Morgan fingerprint density at radius 1 is 1.41 bits per heavy atom. The van der Waals surface area contributed by atoms with E-state index in [0.717, 1.165) is 0 Å². The molecule has 0 amide bonds. The van der Waals surface area contributed by atoms with Gasteiger partial charge in [-0.15, -0.1) is 0 Å². The van der Waals surface area contributed by atoms with Gasteiger partial charge in [0.2, 0.25) is 0 Å². The molecule has 0 spiro atoms. The zero-order valence-corrected chi connectivity index (χ0v) is 9.00. The number of ether oxygens (including phenoxy) is 1. The Balaban J connectivity index is 2.58. The highest BCUT2D eigenvalue weighted by Crippen LogP contribution is 2.30. The predicted octanol–water partition coefficient (Wildman–Crippen LogP) is 1.48. The van der Waals surface area contributed by atoms with E-state index in [4.69, 9.17) is 10.5 Å². The van der Waals surface area contributed by atoms with Crippen LogP contribution in [-0.2, 0) is 0 Å². The average molecular weight is 233 g/mol. The number of hydrogen-bond donors (Lipinski definition) is 1. The van der Waals surface area contributed by atoms with Gasteiger partial charge in [-0.05, 0) is 18.2 Å².